The highest BCUT2D eigenvalue weighted by Gasteiger charge is 2.30. The Morgan fingerprint density at radius 1 is 0.811 bits per heavy atom. The number of nitrogens with one attached hydrogen (secondary N) is 3. The molecule has 0 aliphatic heterocycles. The number of carboxylic acid groups (broad SMARTS) is 1. The second-order valence-electron chi connectivity index (χ2n) is 8.65. The van der Waals surface area contributed by atoms with Crippen molar-refractivity contribution in [2.45, 2.75) is 50.4 Å². The molecule has 0 radical (unpaired) electrons. The van der Waals surface area contributed by atoms with E-state index in [2.05, 4.69) is 16.0 Å². The largest absolute Gasteiger partial charge is 0.508 e. The maximum absolute atomic E-state index is 13.4. The predicted molar refractivity (Wildman–Crippen MR) is 142 cm³/mol. The van der Waals surface area contributed by atoms with Crippen LogP contribution in [0.5, 0.6) is 5.75 Å². The molecule has 2 aromatic rings. The van der Waals surface area contributed by atoms with Crippen molar-refractivity contribution in [3.63, 3.8) is 0 Å². The van der Waals surface area contributed by atoms with E-state index in [1.165, 1.54) is 30.8 Å². The molecule has 3 amide bonds. The highest BCUT2D eigenvalue weighted by Crippen LogP contribution is 2.13. The van der Waals surface area contributed by atoms with Gasteiger partial charge in [-0.15, -0.1) is 0 Å². The lowest BCUT2D eigenvalue weighted by atomic mass is 10.0. The number of phenolic OH excluding ortho intramolecular Hbond substituents is 1. The van der Waals surface area contributed by atoms with Crippen LogP contribution in [0.25, 0.3) is 0 Å². The van der Waals surface area contributed by atoms with Gasteiger partial charge in [-0.3, -0.25) is 14.4 Å². The van der Waals surface area contributed by atoms with Crippen LogP contribution in [0.2, 0.25) is 0 Å². The van der Waals surface area contributed by atoms with Crippen molar-refractivity contribution in [2.24, 2.45) is 5.73 Å². The SMILES string of the molecule is CSCCC(NC(=O)C(Cc1ccc(O)cc1)NC(=O)C(Cc1ccccc1)NC(=O)C(C)N)C(=O)O. The first kappa shape index (κ1) is 29.7. The number of phenols is 1. The summed E-state index contributed by atoms with van der Waals surface area (Å²) in [5.74, 6) is -2.44. The fourth-order valence-electron chi connectivity index (χ4n) is 3.48. The van der Waals surface area contributed by atoms with Crippen molar-refractivity contribution in [1.82, 2.24) is 16.0 Å². The molecule has 0 saturated heterocycles. The number of thioether (sulfide) groups is 1. The van der Waals surface area contributed by atoms with Gasteiger partial charge >= 0.3 is 5.97 Å². The van der Waals surface area contributed by atoms with Crippen LogP contribution in [0.15, 0.2) is 54.6 Å². The Morgan fingerprint density at radius 3 is 1.78 bits per heavy atom. The van der Waals surface area contributed by atoms with Crippen molar-refractivity contribution in [3.05, 3.63) is 65.7 Å². The van der Waals surface area contributed by atoms with Crippen LogP contribution in [0.1, 0.15) is 24.5 Å². The molecule has 0 aromatic heterocycles. The lowest BCUT2D eigenvalue weighted by Crippen LogP contribution is -2.58. The minimum absolute atomic E-state index is 0.0337. The van der Waals surface area contributed by atoms with E-state index in [1.807, 2.05) is 24.5 Å². The third kappa shape index (κ3) is 10.1. The minimum atomic E-state index is -1.18. The Kier molecular flexibility index (Phi) is 11.9. The summed E-state index contributed by atoms with van der Waals surface area (Å²) >= 11 is 1.45. The lowest BCUT2D eigenvalue weighted by molar-refractivity contribution is -0.142. The van der Waals surface area contributed by atoms with Crippen LogP contribution >= 0.6 is 11.8 Å². The normalized spacial score (nSPS) is 14.0. The molecule has 0 aliphatic rings. The Hall–Kier alpha value is -3.57. The smallest absolute Gasteiger partial charge is 0.326 e. The lowest BCUT2D eigenvalue weighted by Gasteiger charge is -2.25. The second-order valence-corrected chi connectivity index (χ2v) is 9.64. The summed E-state index contributed by atoms with van der Waals surface area (Å²) in [7, 11) is 0. The molecule has 10 nitrogen and oxygen atoms in total. The molecule has 11 heteroatoms. The number of hydrogen-bond acceptors (Lipinski definition) is 7. The third-order valence-corrected chi connectivity index (χ3v) is 6.21. The molecular formula is C26H34N4O6S. The summed E-state index contributed by atoms with van der Waals surface area (Å²) in [6.07, 6.45) is 2.23. The molecule has 0 bridgehead atoms. The number of carbonyl (C=O) groups excluding carboxylic acids is 3. The summed E-state index contributed by atoms with van der Waals surface area (Å²) in [6.45, 7) is 1.49. The van der Waals surface area contributed by atoms with Crippen LogP contribution in [0.3, 0.4) is 0 Å². The monoisotopic (exact) mass is 530 g/mol. The van der Waals surface area contributed by atoms with Crippen LogP contribution < -0.4 is 21.7 Å². The minimum Gasteiger partial charge on any atom is -0.508 e. The van der Waals surface area contributed by atoms with E-state index in [4.69, 9.17) is 5.73 Å². The molecule has 0 fully saturated rings. The van der Waals surface area contributed by atoms with Gasteiger partial charge in [0.2, 0.25) is 17.7 Å². The van der Waals surface area contributed by atoms with Gasteiger partial charge in [0.25, 0.3) is 0 Å². The van der Waals surface area contributed by atoms with Gasteiger partial charge in [-0.25, -0.2) is 4.79 Å². The quantitative estimate of drug-likeness (QED) is 0.208. The van der Waals surface area contributed by atoms with Crippen LogP contribution in [0, 0.1) is 0 Å². The van der Waals surface area contributed by atoms with Gasteiger partial charge in [0, 0.05) is 12.8 Å². The molecule has 0 saturated carbocycles. The van der Waals surface area contributed by atoms with E-state index in [0.29, 0.717) is 11.3 Å². The van der Waals surface area contributed by atoms with Crippen molar-refractivity contribution in [1.29, 1.82) is 0 Å². The van der Waals surface area contributed by atoms with Gasteiger partial charge < -0.3 is 31.9 Å². The number of carboxylic acids is 1. The van der Waals surface area contributed by atoms with Gasteiger partial charge in [0.1, 0.15) is 23.9 Å². The molecule has 0 spiro atoms. The molecule has 7 N–H and O–H groups in total. The zero-order valence-electron chi connectivity index (χ0n) is 20.8. The van der Waals surface area contributed by atoms with Crippen LogP contribution in [0.4, 0.5) is 0 Å². The first-order chi connectivity index (χ1) is 17.6. The fraction of sp³-hybridized carbons (Fsp3) is 0.385. The van der Waals surface area contributed by atoms with E-state index >= 15 is 0 Å². The second kappa shape index (κ2) is 14.9. The summed E-state index contributed by atoms with van der Waals surface area (Å²) in [5.41, 5.74) is 7.10. The Labute approximate surface area is 220 Å². The zero-order chi connectivity index (χ0) is 27.4. The van der Waals surface area contributed by atoms with Crippen LogP contribution in [-0.2, 0) is 32.0 Å². The number of aromatic hydroxyl groups is 1. The predicted octanol–water partition coefficient (Wildman–Crippen LogP) is 0.817. The van der Waals surface area contributed by atoms with E-state index in [0.717, 1.165) is 5.56 Å². The average Bonchev–Trinajstić information content (AvgIpc) is 2.87. The summed E-state index contributed by atoms with van der Waals surface area (Å²) < 4.78 is 0. The summed E-state index contributed by atoms with van der Waals surface area (Å²) in [6, 6.07) is 11.0. The number of amides is 3. The summed E-state index contributed by atoms with van der Waals surface area (Å²) in [5, 5.41) is 26.9. The molecule has 4 atom stereocenters. The maximum atomic E-state index is 13.4. The van der Waals surface area contributed by atoms with E-state index in [-0.39, 0.29) is 25.0 Å². The number of rotatable bonds is 14. The van der Waals surface area contributed by atoms with Crippen molar-refractivity contribution in [2.75, 3.05) is 12.0 Å². The molecule has 37 heavy (non-hydrogen) atoms. The molecule has 0 heterocycles. The van der Waals surface area contributed by atoms with Gasteiger partial charge in [-0.2, -0.15) is 11.8 Å². The van der Waals surface area contributed by atoms with Crippen molar-refractivity contribution < 1.29 is 29.4 Å². The standard InChI is InChI=1S/C26H34N4O6S/c1-16(27)23(32)29-21(14-17-6-4-3-5-7-17)25(34)30-22(15-18-8-10-19(31)11-9-18)24(33)28-20(26(35)36)12-13-37-2/h3-11,16,20-22,31H,12-15,27H2,1-2H3,(H,28,33)(H,29,32)(H,30,34)(H,35,36). The number of hydrogen-bond donors (Lipinski definition) is 6. The number of benzene rings is 2. The fourth-order valence-corrected chi connectivity index (χ4v) is 3.95. The van der Waals surface area contributed by atoms with Gasteiger partial charge in [0.15, 0.2) is 0 Å². The highest BCUT2D eigenvalue weighted by atomic mass is 32.2. The molecule has 4 unspecified atom stereocenters. The number of aliphatic carboxylic acids is 1. The first-order valence-electron chi connectivity index (χ1n) is 11.8. The molecule has 2 rings (SSSR count). The zero-order valence-corrected chi connectivity index (χ0v) is 21.7. The molecule has 0 aliphatic carbocycles. The Morgan fingerprint density at radius 2 is 1.30 bits per heavy atom. The number of carbonyl (C=O) groups is 4. The van der Waals surface area contributed by atoms with Gasteiger partial charge in [-0.1, -0.05) is 42.5 Å². The van der Waals surface area contributed by atoms with E-state index < -0.39 is 47.9 Å². The number of nitrogens with two attached hydrogens (primary N) is 1. The first-order valence-corrected chi connectivity index (χ1v) is 13.2. The topological polar surface area (TPSA) is 171 Å². The van der Waals surface area contributed by atoms with E-state index in [9.17, 15) is 29.4 Å². The Bertz CT molecular complexity index is 1050. The van der Waals surface area contributed by atoms with Gasteiger partial charge in [0.05, 0.1) is 6.04 Å². The molecular weight excluding hydrogens is 496 g/mol. The average molecular weight is 531 g/mol. The van der Waals surface area contributed by atoms with Crippen molar-refractivity contribution in [3.8, 4) is 5.75 Å². The third-order valence-electron chi connectivity index (χ3n) is 5.56. The highest BCUT2D eigenvalue weighted by molar-refractivity contribution is 7.98. The maximum Gasteiger partial charge on any atom is 0.326 e. The van der Waals surface area contributed by atoms with Gasteiger partial charge in [-0.05, 0) is 48.6 Å². The molecule has 2 aromatic carbocycles. The molecule has 200 valence electrons. The Balaban J connectivity index is 2.28. The van der Waals surface area contributed by atoms with Crippen LogP contribution in [-0.4, -0.2) is 70.1 Å². The van der Waals surface area contributed by atoms with E-state index in [1.54, 1.807) is 24.3 Å². The van der Waals surface area contributed by atoms with Crippen molar-refractivity contribution >= 4 is 35.5 Å². The summed E-state index contributed by atoms with van der Waals surface area (Å²) in [4.78, 5) is 50.5.